The Morgan fingerprint density at radius 3 is 2.43 bits per heavy atom. The molecule has 1 heterocycles. The molecule has 0 aromatic rings. The number of ether oxygens (including phenoxy) is 2. The van der Waals surface area contributed by atoms with Gasteiger partial charge in [0.1, 0.15) is 6.10 Å². The van der Waals surface area contributed by atoms with Crippen molar-refractivity contribution in [1.82, 2.24) is 0 Å². The lowest BCUT2D eigenvalue weighted by atomic mass is 9.99. The number of hydrogen-bond acceptors (Lipinski definition) is 6. The molecule has 0 radical (unpaired) electrons. The van der Waals surface area contributed by atoms with Gasteiger partial charge in [0.2, 0.25) is 0 Å². The van der Waals surface area contributed by atoms with Crippen LogP contribution in [0.15, 0.2) is 0 Å². The van der Waals surface area contributed by atoms with Gasteiger partial charge in [0.15, 0.2) is 0 Å². The van der Waals surface area contributed by atoms with E-state index in [-0.39, 0.29) is 24.4 Å². The maximum Gasteiger partial charge on any atom is 0.328 e. The minimum absolute atomic E-state index is 0.0664. The van der Waals surface area contributed by atoms with E-state index >= 15 is 0 Å². The minimum Gasteiger partial charge on any atom is -0.390 e. The van der Waals surface area contributed by atoms with Crippen molar-refractivity contribution in [1.29, 1.82) is 0 Å². The lowest BCUT2D eigenvalue weighted by Crippen LogP contribution is -2.49. The Morgan fingerprint density at radius 1 is 1.29 bits per heavy atom. The van der Waals surface area contributed by atoms with Crippen molar-refractivity contribution in [3.8, 4) is 0 Å². The monoisotopic (exact) mass is 324 g/mol. The SMILES string of the molecule is CC(C)OCC1OC(C)C(O)CC1OP(C)(=O)OC(C)C. The van der Waals surface area contributed by atoms with E-state index in [1.807, 2.05) is 13.8 Å². The van der Waals surface area contributed by atoms with Crippen LogP contribution < -0.4 is 0 Å². The summed E-state index contributed by atoms with van der Waals surface area (Å²) in [5.41, 5.74) is 0. The van der Waals surface area contributed by atoms with Crippen molar-refractivity contribution in [3.63, 3.8) is 0 Å². The molecule has 0 spiro atoms. The third-order valence-electron chi connectivity index (χ3n) is 3.14. The minimum atomic E-state index is -3.19. The van der Waals surface area contributed by atoms with E-state index in [2.05, 4.69) is 0 Å². The average molecular weight is 324 g/mol. The quantitative estimate of drug-likeness (QED) is 0.726. The molecule has 0 saturated carbocycles. The second-order valence-corrected chi connectivity index (χ2v) is 8.10. The van der Waals surface area contributed by atoms with Crippen molar-refractivity contribution >= 4 is 7.60 Å². The van der Waals surface area contributed by atoms with Gasteiger partial charge in [-0.3, -0.25) is 4.57 Å². The Morgan fingerprint density at radius 2 is 1.90 bits per heavy atom. The van der Waals surface area contributed by atoms with Crippen LogP contribution in [0.25, 0.3) is 0 Å². The van der Waals surface area contributed by atoms with Crippen LogP contribution in [0.2, 0.25) is 0 Å². The number of hydrogen-bond donors (Lipinski definition) is 1. The van der Waals surface area contributed by atoms with Crippen LogP contribution >= 0.6 is 7.60 Å². The molecule has 1 N–H and O–H groups in total. The van der Waals surface area contributed by atoms with E-state index in [1.165, 1.54) is 6.66 Å². The zero-order valence-electron chi connectivity index (χ0n) is 13.8. The highest BCUT2D eigenvalue weighted by molar-refractivity contribution is 7.53. The normalized spacial score (nSPS) is 33.4. The molecule has 1 fully saturated rings. The third-order valence-corrected chi connectivity index (χ3v) is 4.60. The Kier molecular flexibility index (Phi) is 7.31. The van der Waals surface area contributed by atoms with E-state index in [1.54, 1.807) is 20.8 Å². The summed E-state index contributed by atoms with van der Waals surface area (Å²) in [5.74, 6) is 0. The van der Waals surface area contributed by atoms with E-state index < -0.39 is 19.8 Å². The van der Waals surface area contributed by atoms with Crippen LogP contribution in [0, 0.1) is 0 Å². The van der Waals surface area contributed by atoms with Crippen molar-refractivity contribution in [2.45, 2.75) is 77.7 Å². The summed E-state index contributed by atoms with van der Waals surface area (Å²) < 4.78 is 34.6. The van der Waals surface area contributed by atoms with Crippen molar-refractivity contribution in [3.05, 3.63) is 0 Å². The van der Waals surface area contributed by atoms with Gasteiger partial charge in [-0.1, -0.05) is 0 Å². The first-order valence-corrected chi connectivity index (χ1v) is 9.49. The molecule has 5 unspecified atom stereocenters. The van der Waals surface area contributed by atoms with Crippen LogP contribution in [-0.2, 0) is 23.1 Å². The molecule has 0 aliphatic carbocycles. The molecule has 5 atom stereocenters. The Hall–Kier alpha value is 0.0300. The highest BCUT2D eigenvalue weighted by atomic mass is 31.2. The van der Waals surface area contributed by atoms with Crippen molar-refractivity contribution in [2.24, 2.45) is 0 Å². The van der Waals surface area contributed by atoms with Gasteiger partial charge in [0, 0.05) is 13.1 Å². The lowest BCUT2D eigenvalue weighted by molar-refractivity contribution is -0.177. The standard InChI is InChI=1S/C14H29O6P/c1-9(2)17-8-14-13(7-12(15)11(5)18-14)20-21(6,16)19-10(3)4/h9-15H,7-8H2,1-6H3. The predicted octanol–water partition coefficient (Wildman–Crippen LogP) is 2.58. The molecule has 1 aliphatic rings. The van der Waals surface area contributed by atoms with Gasteiger partial charge in [0.05, 0.1) is 37.1 Å². The van der Waals surface area contributed by atoms with E-state index in [0.717, 1.165) is 0 Å². The first-order valence-electron chi connectivity index (χ1n) is 7.50. The van der Waals surface area contributed by atoms with Gasteiger partial charge in [-0.05, 0) is 34.6 Å². The Bertz CT molecular complexity index is 359. The van der Waals surface area contributed by atoms with Gasteiger partial charge >= 0.3 is 7.60 Å². The summed E-state index contributed by atoms with van der Waals surface area (Å²) in [4.78, 5) is 0. The van der Waals surface area contributed by atoms with Crippen molar-refractivity contribution in [2.75, 3.05) is 13.3 Å². The van der Waals surface area contributed by atoms with E-state index in [0.29, 0.717) is 13.0 Å². The zero-order valence-corrected chi connectivity index (χ0v) is 14.7. The second kappa shape index (κ2) is 8.04. The predicted molar refractivity (Wildman–Crippen MR) is 80.7 cm³/mol. The molecule has 0 amide bonds. The van der Waals surface area contributed by atoms with Crippen LogP contribution in [-0.4, -0.2) is 55.0 Å². The summed E-state index contributed by atoms with van der Waals surface area (Å²) >= 11 is 0. The smallest absolute Gasteiger partial charge is 0.328 e. The zero-order chi connectivity index (χ0) is 16.2. The molecule has 7 heteroatoms. The molecule has 0 bridgehead atoms. The molecule has 21 heavy (non-hydrogen) atoms. The van der Waals surface area contributed by atoms with Gasteiger partial charge in [0.25, 0.3) is 0 Å². The highest BCUT2D eigenvalue weighted by Crippen LogP contribution is 2.48. The third kappa shape index (κ3) is 6.76. The van der Waals surface area contributed by atoms with Crippen LogP contribution in [0.3, 0.4) is 0 Å². The molecule has 1 rings (SSSR count). The molecule has 0 aromatic heterocycles. The molecule has 1 aliphatic heterocycles. The van der Waals surface area contributed by atoms with Crippen LogP contribution in [0.5, 0.6) is 0 Å². The largest absolute Gasteiger partial charge is 0.390 e. The summed E-state index contributed by atoms with van der Waals surface area (Å²) in [7, 11) is -3.19. The Balaban J connectivity index is 2.71. The first kappa shape index (κ1) is 19.1. The fourth-order valence-corrected chi connectivity index (χ4v) is 3.76. The van der Waals surface area contributed by atoms with Gasteiger partial charge in [-0.15, -0.1) is 0 Å². The number of rotatable bonds is 7. The van der Waals surface area contributed by atoms with Crippen LogP contribution in [0.4, 0.5) is 0 Å². The van der Waals surface area contributed by atoms with Crippen LogP contribution in [0.1, 0.15) is 41.0 Å². The average Bonchev–Trinajstić information content (AvgIpc) is 2.29. The molecule has 0 aromatic carbocycles. The maximum atomic E-state index is 12.3. The number of aliphatic hydroxyl groups is 1. The first-order chi connectivity index (χ1) is 9.60. The molecule has 126 valence electrons. The van der Waals surface area contributed by atoms with Crippen molar-refractivity contribution < 1.29 is 28.2 Å². The summed E-state index contributed by atoms with van der Waals surface area (Å²) in [6, 6.07) is 0. The van der Waals surface area contributed by atoms with Gasteiger partial charge in [-0.25, -0.2) is 0 Å². The summed E-state index contributed by atoms with van der Waals surface area (Å²) in [6.45, 7) is 11.0. The van der Waals surface area contributed by atoms with E-state index in [4.69, 9.17) is 18.5 Å². The fourth-order valence-electron chi connectivity index (χ4n) is 2.23. The van der Waals surface area contributed by atoms with Gasteiger partial charge < -0.3 is 23.6 Å². The maximum absolute atomic E-state index is 12.3. The second-order valence-electron chi connectivity index (χ2n) is 6.13. The highest BCUT2D eigenvalue weighted by Gasteiger charge is 2.39. The topological polar surface area (TPSA) is 74.2 Å². The van der Waals surface area contributed by atoms with E-state index in [9.17, 15) is 9.67 Å². The summed E-state index contributed by atoms with van der Waals surface area (Å²) in [5, 5.41) is 9.95. The molecular weight excluding hydrogens is 295 g/mol. The molecular formula is C14H29O6P. The molecule has 1 saturated heterocycles. The fraction of sp³-hybridized carbons (Fsp3) is 1.00. The Labute approximate surface area is 127 Å². The lowest BCUT2D eigenvalue weighted by Gasteiger charge is -2.39. The van der Waals surface area contributed by atoms with Gasteiger partial charge in [-0.2, -0.15) is 0 Å². The summed E-state index contributed by atoms with van der Waals surface area (Å²) in [6.07, 6.45) is -1.60. The number of aliphatic hydroxyl groups excluding tert-OH is 1. The molecule has 6 nitrogen and oxygen atoms in total.